The highest BCUT2D eigenvalue weighted by atomic mass is 32.1. The molecule has 0 fully saturated rings. The summed E-state index contributed by atoms with van der Waals surface area (Å²) < 4.78 is 1.12. The van der Waals surface area contributed by atoms with Gasteiger partial charge in [-0.25, -0.2) is 14.8 Å². The van der Waals surface area contributed by atoms with Crippen LogP contribution in [0.4, 0.5) is 5.13 Å². The second-order valence-electron chi connectivity index (χ2n) is 7.75. The fourth-order valence-electron chi connectivity index (χ4n) is 4.07. The van der Waals surface area contributed by atoms with E-state index < -0.39 is 5.97 Å². The number of aromatic carboxylic acids is 1. The number of fused-ring (bicyclic) bond motifs is 2. The molecule has 4 aromatic rings. The van der Waals surface area contributed by atoms with E-state index in [0.29, 0.717) is 12.1 Å². The Labute approximate surface area is 189 Å². The van der Waals surface area contributed by atoms with Crippen LogP contribution in [0.25, 0.3) is 21.5 Å². The van der Waals surface area contributed by atoms with E-state index in [4.69, 9.17) is 5.10 Å². The molecule has 0 bridgehead atoms. The molecule has 5 rings (SSSR count). The molecule has 0 spiro atoms. The normalized spacial score (nSPS) is 14.5. The summed E-state index contributed by atoms with van der Waals surface area (Å²) in [5.41, 5.74) is 9.82. The van der Waals surface area contributed by atoms with Crippen LogP contribution in [0.1, 0.15) is 46.9 Å². The number of hydrogen-bond acceptors (Lipinski definition) is 6. The molecule has 0 radical (unpaired) electrons. The number of rotatable bonds is 5. The van der Waals surface area contributed by atoms with Crippen LogP contribution in [0.5, 0.6) is 0 Å². The van der Waals surface area contributed by atoms with Gasteiger partial charge in [-0.3, -0.25) is 5.43 Å². The highest BCUT2D eigenvalue weighted by Crippen LogP contribution is 2.29. The highest BCUT2D eigenvalue weighted by molar-refractivity contribution is 7.22. The molecular formula is C25H22N4O2S. The number of pyridine rings is 1. The molecule has 2 N–H and O–H groups in total. The number of benzene rings is 2. The Morgan fingerprint density at radius 2 is 2.00 bits per heavy atom. The fourth-order valence-corrected chi connectivity index (χ4v) is 4.88. The van der Waals surface area contributed by atoms with E-state index in [9.17, 15) is 9.90 Å². The van der Waals surface area contributed by atoms with Crippen LogP contribution in [0.15, 0.2) is 59.7 Å². The van der Waals surface area contributed by atoms with E-state index in [1.54, 1.807) is 11.3 Å². The number of anilines is 1. The monoisotopic (exact) mass is 442 g/mol. The van der Waals surface area contributed by atoms with Crippen LogP contribution in [0.3, 0.4) is 0 Å². The highest BCUT2D eigenvalue weighted by Gasteiger charge is 2.18. The zero-order valence-electron chi connectivity index (χ0n) is 17.6. The van der Waals surface area contributed by atoms with E-state index in [1.165, 1.54) is 5.56 Å². The van der Waals surface area contributed by atoms with Crippen LogP contribution >= 0.6 is 11.3 Å². The number of thiazole rings is 1. The topological polar surface area (TPSA) is 87.5 Å². The average Bonchev–Trinajstić information content (AvgIpc) is 3.25. The third kappa shape index (κ3) is 3.87. The molecular weight excluding hydrogens is 420 g/mol. The summed E-state index contributed by atoms with van der Waals surface area (Å²) in [7, 11) is 0. The van der Waals surface area contributed by atoms with Gasteiger partial charge in [0.2, 0.25) is 5.13 Å². The first-order chi connectivity index (χ1) is 15.6. The van der Waals surface area contributed by atoms with Crippen molar-refractivity contribution in [1.82, 2.24) is 9.97 Å². The summed E-state index contributed by atoms with van der Waals surface area (Å²) >= 11 is 1.58. The molecule has 0 saturated carbocycles. The van der Waals surface area contributed by atoms with E-state index in [1.807, 2.05) is 43.3 Å². The number of nitrogens with one attached hydrogen (secondary N) is 1. The summed E-state index contributed by atoms with van der Waals surface area (Å²) in [5.74, 6) is -0.996. The smallest absolute Gasteiger partial charge is 0.354 e. The maximum atomic E-state index is 11.6. The third-order valence-electron chi connectivity index (χ3n) is 5.72. The molecule has 2 aromatic carbocycles. The Morgan fingerprint density at radius 3 is 2.81 bits per heavy atom. The Morgan fingerprint density at radius 1 is 1.12 bits per heavy atom. The molecule has 2 heterocycles. The minimum Gasteiger partial charge on any atom is -0.477 e. The number of hydrogen-bond donors (Lipinski definition) is 2. The predicted molar refractivity (Wildman–Crippen MR) is 129 cm³/mol. The van der Waals surface area contributed by atoms with Crippen LogP contribution < -0.4 is 5.43 Å². The van der Waals surface area contributed by atoms with Crippen LogP contribution in [0, 0.1) is 0 Å². The van der Waals surface area contributed by atoms with Crippen molar-refractivity contribution in [3.05, 3.63) is 77.0 Å². The van der Waals surface area contributed by atoms with Crippen molar-refractivity contribution in [2.75, 3.05) is 5.43 Å². The number of nitrogens with zero attached hydrogens (tertiary/aromatic N) is 3. The Bertz CT molecular complexity index is 1330. The Balaban J connectivity index is 1.49. The molecule has 0 aliphatic heterocycles. The van der Waals surface area contributed by atoms with E-state index >= 15 is 0 Å². The van der Waals surface area contributed by atoms with Crippen molar-refractivity contribution in [1.29, 1.82) is 0 Å². The molecule has 0 unspecified atom stereocenters. The largest absolute Gasteiger partial charge is 0.477 e. The van der Waals surface area contributed by atoms with Gasteiger partial charge < -0.3 is 5.11 Å². The Hall–Kier alpha value is -3.58. The molecule has 0 saturated heterocycles. The summed E-state index contributed by atoms with van der Waals surface area (Å²) in [6.07, 6.45) is 3.54. The van der Waals surface area contributed by atoms with Crippen LogP contribution in [0.2, 0.25) is 0 Å². The quantitative estimate of drug-likeness (QED) is 0.383. The number of carboxylic acids is 1. The predicted octanol–water partition coefficient (Wildman–Crippen LogP) is 5.77. The molecule has 32 heavy (non-hydrogen) atoms. The van der Waals surface area contributed by atoms with Crippen LogP contribution in [-0.4, -0.2) is 26.8 Å². The van der Waals surface area contributed by atoms with Gasteiger partial charge in [0.05, 0.1) is 21.6 Å². The van der Waals surface area contributed by atoms with Crippen molar-refractivity contribution < 1.29 is 9.90 Å². The maximum Gasteiger partial charge on any atom is 0.354 e. The number of hydrazone groups is 1. The first-order valence-electron chi connectivity index (χ1n) is 10.7. The SMILES string of the molecule is CCc1ccc(-c2ccc3c(c2)/C(=N/Nc2nc4ccccc4s2)CCC3)nc1C(=O)O. The zero-order valence-corrected chi connectivity index (χ0v) is 18.4. The standard InChI is InChI=1S/C25H22N4O2S/c1-2-15-12-13-19(26-23(15)24(30)31)17-11-10-16-6-5-8-20(18(16)14-17)28-29-25-27-21-7-3-4-9-22(21)32-25/h3-4,7,9-14H,2,5-6,8H2,1H3,(H,27,29)(H,30,31)/b28-20+. The Kier molecular flexibility index (Phi) is 5.41. The lowest BCUT2D eigenvalue weighted by Crippen LogP contribution is -2.14. The van der Waals surface area contributed by atoms with Gasteiger partial charge in [0.1, 0.15) is 0 Å². The van der Waals surface area contributed by atoms with Crippen LogP contribution in [-0.2, 0) is 12.8 Å². The lowest BCUT2D eigenvalue weighted by molar-refractivity contribution is 0.0689. The van der Waals surface area contributed by atoms with Gasteiger partial charge in [0, 0.05) is 11.1 Å². The first kappa shape index (κ1) is 20.3. The first-order valence-corrected chi connectivity index (χ1v) is 11.5. The summed E-state index contributed by atoms with van der Waals surface area (Å²) in [6, 6.07) is 18.0. The molecule has 2 aromatic heterocycles. The number of aromatic nitrogens is 2. The van der Waals surface area contributed by atoms with E-state index in [-0.39, 0.29) is 5.69 Å². The minimum atomic E-state index is -0.996. The number of para-hydroxylation sites is 1. The van der Waals surface area contributed by atoms with Gasteiger partial charge in [-0.05, 0) is 61.1 Å². The maximum absolute atomic E-state index is 11.6. The second kappa shape index (κ2) is 8.51. The number of aryl methyl sites for hydroxylation is 2. The molecule has 1 aliphatic rings. The summed E-state index contributed by atoms with van der Waals surface area (Å²) in [4.78, 5) is 20.7. The van der Waals surface area contributed by atoms with Crippen molar-refractivity contribution in [3.8, 4) is 11.3 Å². The summed E-state index contributed by atoms with van der Waals surface area (Å²) in [5, 5.41) is 15.0. The second-order valence-corrected chi connectivity index (χ2v) is 8.78. The molecule has 160 valence electrons. The van der Waals surface area contributed by atoms with Gasteiger partial charge in [-0.2, -0.15) is 5.10 Å². The van der Waals surface area contributed by atoms with Crippen molar-refractivity contribution in [2.45, 2.75) is 32.6 Å². The number of carbonyl (C=O) groups is 1. The van der Waals surface area contributed by atoms with Gasteiger partial charge in [0.25, 0.3) is 0 Å². The lowest BCUT2D eigenvalue weighted by atomic mass is 9.88. The lowest BCUT2D eigenvalue weighted by Gasteiger charge is -2.19. The van der Waals surface area contributed by atoms with Gasteiger partial charge in [0.15, 0.2) is 5.69 Å². The van der Waals surface area contributed by atoms with Gasteiger partial charge in [-0.15, -0.1) is 0 Å². The molecule has 0 atom stereocenters. The molecule has 7 heteroatoms. The third-order valence-corrected chi connectivity index (χ3v) is 6.66. The average molecular weight is 443 g/mol. The van der Waals surface area contributed by atoms with Crippen molar-refractivity contribution >= 4 is 38.4 Å². The van der Waals surface area contributed by atoms with Gasteiger partial charge >= 0.3 is 5.97 Å². The van der Waals surface area contributed by atoms with E-state index in [0.717, 1.165) is 57.0 Å². The molecule has 0 amide bonds. The molecule has 1 aliphatic carbocycles. The van der Waals surface area contributed by atoms with E-state index in [2.05, 4.69) is 33.6 Å². The molecule has 6 nitrogen and oxygen atoms in total. The minimum absolute atomic E-state index is 0.120. The summed E-state index contributed by atoms with van der Waals surface area (Å²) in [6.45, 7) is 1.93. The van der Waals surface area contributed by atoms with Crippen molar-refractivity contribution in [2.24, 2.45) is 5.10 Å². The van der Waals surface area contributed by atoms with Gasteiger partial charge in [-0.1, -0.05) is 48.6 Å². The number of carboxylic acid groups (broad SMARTS) is 1. The van der Waals surface area contributed by atoms with Crippen molar-refractivity contribution in [3.63, 3.8) is 0 Å². The zero-order chi connectivity index (χ0) is 22.1. The fraction of sp³-hybridized carbons (Fsp3) is 0.200.